The number of carbonyl (C=O) groups is 1. The molecule has 1 aliphatic rings. The molecular formula is C26H26FNO5S. The van der Waals surface area contributed by atoms with Crippen LogP contribution in [0.3, 0.4) is 0 Å². The van der Waals surface area contributed by atoms with E-state index in [9.17, 15) is 17.6 Å². The minimum Gasteiger partial charge on any atom is -0.383 e. The fourth-order valence-electron chi connectivity index (χ4n) is 3.89. The fraction of sp³-hybridized carbons (Fsp3) is 0.269. The van der Waals surface area contributed by atoms with Crippen molar-refractivity contribution in [3.8, 4) is 5.75 Å². The first-order valence-corrected chi connectivity index (χ1v) is 12.4. The standard InChI is InChI=1S/C26H26FNO5S/c1-32-16-15-28(26(29)25-17-24(25)20-5-3-2-4-6-20)18-19-7-11-22(12-8-19)33-34(30,31)23-13-9-21(27)10-14-23/h2-14,24-25H,15-18H2,1H3. The van der Waals surface area contributed by atoms with Crippen molar-refractivity contribution in [1.82, 2.24) is 4.90 Å². The Morgan fingerprint density at radius 1 is 1.00 bits per heavy atom. The lowest BCUT2D eigenvalue weighted by atomic mass is 10.1. The van der Waals surface area contributed by atoms with Gasteiger partial charge in [0.25, 0.3) is 0 Å². The molecule has 1 amide bonds. The van der Waals surface area contributed by atoms with Crippen molar-refractivity contribution in [2.24, 2.45) is 5.92 Å². The van der Waals surface area contributed by atoms with E-state index in [0.29, 0.717) is 19.7 Å². The Morgan fingerprint density at radius 2 is 1.68 bits per heavy atom. The molecule has 1 saturated carbocycles. The summed E-state index contributed by atoms with van der Waals surface area (Å²) in [6.07, 6.45) is 0.834. The minimum absolute atomic E-state index is 0.0392. The largest absolute Gasteiger partial charge is 0.383 e. The van der Waals surface area contributed by atoms with Crippen molar-refractivity contribution >= 4 is 16.0 Å². The zero-order valence-corrected chi connectivity index (χ0v) is 19.6. The van der Waals surface area contributed by atoms with Crippen LogP contribution in [0.1, 0.15) is 23.5 Å². The van der Waals surface area contributed by atoms with Gasteiger partial charge in [-0.15, -0.1) is 0 Å². The molecule has 0 saturated heterocycles. The maximum Gasteiger partial charge on any atom is 0.339 e. The second kappa shape index (κ2) is 10.4. The Morgan fingerprint density at radius 3 is 2.32 bits per heavy atom. The van der Waals surface area contributed by atoms with E-state index in [1.165, 1.54) is 5.56 Å². The Balaban J connectivity index is 1.41. The van der Waals surface area contributed by atoms with Crippen molar-refractivity contribution in [1.29, 1.82) is 0 Å². The third kappa shape index (κ3) is 5.81. The van der Waals surface area contributed by atoms with E-state index in [0.717, 1.165) is 36.2 Å². The molecule has 0 heterocycles. The highest BCUT2D eigenvalue weighted by Gasteiger charge is 2.45. The smallest absolute Gasteiger partial charge is 0.339 e. The van der Waals surface area contributed by atoms with Crippen LogP contribution in [0.5, 0.6) is 5.75 Å². The van der Waals surface area contributed by atoms with Crippen LogP contribution in [-0.2, 0) is 26.2 Å². The molecule has 4 rings (SSSR count). The Labute approximate surface area is 199 Å². The predicted molar refractivity (Wildman–Crippen MR) is 125 cm³/mol. The summed E-state index contributed by atoms with van der Waals surface area (Å²) in [7, 11) is -2.48. The monoisotopic (exact) mass is 483 g/mol. The summed E-state index contributed by atoms with van der Waals surface area (Å²) in [6, 6.07) is 21.0. The first kappa shape index (κ1) is 23.9. The van der Waals surface area contributed by atoms with Gasteiger partial charge < -0.3 is 13.8 Å². The second-order valence-corrected chi connectivity index (χ2v) is 9.79. The minimum atomic E-state index is -4.07. The van der Waals surface area contributed by atoms with E-state index in [-0.39, 0.29) is 28.4 Å². The number of halogens is 1. The molecule has 6 nitrogen and oxygen atoms in total. The van der Waals surface area contributed by atoms with Crippen LogP contribution in [0, 0.1) is 11.7 Å². The number of amides is 1. The topological polar surface area (TPSA) is 72.9 Å². The van der Waals surface area contributed by atoms with Crippen molar-refractivity contribution in [3.05, 3.63) is 95.8 Å². The van der Waals surface area contributed by atoms with Gasteiger partial charge in [-0.25, -0.2) is 4.39 Å². The summed E-state index contributed by atoms with van der Waals surface area (Å²) in [4.78, 5) is 14.8. The lowest BCUT2D eigenvalue weighted by molar-refractivity contribution is -0.134. The molecular weight excluding hydrogens is 457 g/mol. The van der Waals surface area contributed by atoms with Gasteiger partial charge in [0.1, 0.15) is 16.5 Å². The Hall–Kier alpha value is -3.23. The molecule has 0 bridgehead atoms. The average Bonchev–Trinajstić information content (AvgIpc) is 3.64. The van der Waals surface area contributed by atoms with E-state index in [1.807, 2.05) is 18.2 Å². The second-order valence-electron chi connectivity index (χ2n) is 8.25. The predicted octanol–water partition coefficient (Wildman–Crippen LogP) is 4.37. The lowest BCUT2D eigenvalue weighted by Gasteiger charge is -2.23. The number of hydrogen-bond acceptors (Lipinski definition) is 5. The molecule has 2 unspecified atom stereocenters. The van der Waals surface area contributed by atoms with Crippen LogP contribution < -0.4 is 4.18 Å². The number of rotatable bonds is 10. The summed E-state index contributed by atoms with van der Waals surface area (Å²) in [5.41, 5.74) is 2.02. The molecule has 0 N–H and O–H groups in total. The molecule has 0 spiro atoms. The van der Waals surface area contributed by atoms with Gasteiger partial charge >= 0.3 is 10.1 Å². The van der Waals surface area contributed by atoms with E-state index in [1.54, 1.807) is 36.3 Å². The SMILES string of the molecule is COCCN(Cc1ccc(OS(=O)(=O)c2ccc(F)cc2)cc1)C(=O)C1CC1c1ccccc1. The summed E-state index contributed by atoms with van der Waals surface area (Å²) in [6.45, 7) is 1.27. The number of ether oxygens (including phenoxy) is 1. The molecule has 3 aromatic carbocycles. The van der Waals surface area contributed by atoms with Crippen LogP contribution in [0.2, 0.25) is 0 Å². The number of methoxy groups -OCH3 is 1. The molecule has 0 radical (unpaired) electrons. The van der Waals surface area contributed by atoms with Gasteiger partial charge in [-0.3, -0.25) is 4.79 Å². The normalized spacial score (nSPS) is 17.2. The molecule has 3 aromatic rings. The molecule has 1 fully saturated rings. The number of hydrogen-bond donors (Lipinski definition) is 0. The summed E-state index contributed by atoms with van der Waals surface area (Å²) in [5, 5.41) is 0. The summed E-state index contributed by atoms with van der Waals surface area (Å²) in [5.74, 6) is -0.106. The van der Waals surface area contributed by atoms with Crippen molar-refractivity contribution < 1.29 is 26.5 Å². The maximum absolute atomic E-state index is 13.2. The molecule has 0 aliphatic heterocycles. The van der Waals surface area contributed by atoms with Gasteiger partial charge in [-0.1, -0.05) is 42.5 Å². The van der Waals surface area contributed by atoms with Crippen molar-refractivity contribution in [2.75, 3.05) is 20.3 Å². The molecule has 34 heavy (non-hydrogen) atoms. The van der Waals surface area contributed by atoms with E-state index >= 15 is 0 Å². The van der Waals surface area contributed by atoms with Crippen LogP contribution in [0.4, 0.5) is 4.39 Å². The van der Waals surface area contributed by atoms with Crippen molar-refractivity contribution in [3.63, 3.8) is 0 Å². The number of benzene rings is 3. The van der Waals surface area contributed by atoms with E-state index in [4.69, 9.17) is 8.92 Å². The quantitative estimate of drug-likeness (QED) is 0.401. The highest BCUT2D eigenvalue weighted by atomic mass is 32.2. The van der Waals surface area contributed by atoms with Crippen molar-refractivity contribution in [2.45, 2.75) is 23.8 Å². The summed E-state index contributed by atoms with van der Waals surface area (Å²) >= 11 is 0. The highest BCUT2D eigenvalue weighted by Crippen LogP contribution is 2.48. The van der Waals surface area contributed by atoms with Crippen LogP contribution >= 0.6 is 0 Å². The Bertz CT molecular complexity index is 1210. The van der Waals surface area contributed by atoms with Gasteiger partial charge in [-0.2, -0.15) is 8.42 Å². The van der Waals surface area contributed by atoms with Crippen LogP contribution in [0.15, 0.2) is 83.8 Å². The zero-order chi connectivity index (χ0) is 24.1. The first-order valence-electron chi connectivity index (χ1n) is 11.0. The van der Waals surface area contributed by atoms with Crippen LogP contribution in [-0.4, -0.2) is 39.5 Å². The highest BCUT2D eigenvalue weighted by molar-refractivity contribution is 7.87. The number of carbonyl (C=O) groups excluding carboxylic acids is 1. The molecule has 0 aromatic heterocycles. The van der Waals surface area contributed by atoms with Gasteiger partial charge in [0.05, 0.1) is 6.61 Å². The zero-order valence-electron chi connectivity index (χ0n) is 18.8. The lowest BCUT2D eigenvalue weighted by Crippen LogP contribution is -2.34. The molecule has 2 atom stereocenters. The van der Waals surface area contributed by atoms with Crippen LogP contribution in [0.25, 0.3) is 0 Å². The third-order valence-electron chi connectivity index (χ3n) is 5.82. The van der Waals surface area contributed by atoms with Gasteiger partial charge in [0.2, 0.25) is 5.91 Å². The Kier molecular flexibility index (Phi) is 7.29. The van der Waals surface area contributed by atoms with Gasteiger partial charge in [0.15, 0.2) is 0 Å². The molecule has 1 aliphatic carbocycles. The average molecular weight is 484 g/mol. The summed E-state index contributed by atoms with van der Waals surface area (Å²) < 4.78 is 48.2. The van der Waals surface area contributed by atoms with Gasteiger partial charge in [0, 0.05) is 26.1 Å². The van der Waals surface area contributed by atoms with Gasteiger partial charge in [-0.05, 0) is 59.9 Å². The fourth-order valence-corrected chi connectivity index (χ4v) is 4.82. The third-order valence-corrected chi connectivity index (χ3v) is 7.08. The molecule has 178 valence electrons. The first-order chi connectivity index (χ1) is 16.4. The van der Waals surface area contributed by atoms with E-state index < -0.39 is 15.9 Å². The molecule has 8 heteroatoms. The van der Waals surface area contributed by atoms with E-state index in [2.05, 4.69) is 12.1 Å². The number of nitrogens with zero attached hydrogens (tertiary/aromatic N) is 1. The maximum atomic E-state index is 13.2.